The predicted octanol–water partition coefficient (Wildman–Crippen LogP) is 1.44. The normalized spacial score (nSPS) is 14.3. The van der Waals surface area contributed by atoms with Gasteiger partial charge in [-0.05, 0) is 18.3 Å². The minimum absolute atomic E-state index is 0.371. The van der Waals surface area contributed by atoms with E-state index in [4.69, 9.17) is 5.11 Å². The number of carboxylic acid groups (broad SMARTS) is 1. The fraction of sp³-hybridized carbons (Fsp3) is 0.818. The first-order chi connectivity index (χ1) is 7.38. The molecule has 0 fully saturated rings. The Morgan fingerprint density at radius 2 is 1.81 bits per heavy atom. The van der Waals surface area contributed by atoms with E-state index in [1.54, 1.807) is 6.92 Å². The van der Waals surface area contributed by atoms with E-state index >= 15 is 0 Å². The minimum Gasteiger partial charge on any atom is -0.480 e. The van der Waals surface area contributed by atoms with Gasteiger partial charge in [-0.25, -0.2) is 9.59 Å². The van der Waals surface area contributed by atoms with E-state index in [0.29, 0.717) is 24.8 Å². The summed E-state index contributed by atoms with van der Waals surface area (Å²) < 4.78 is 0. The summed E-state index contributed by atoms with van der Waals surface area (Å²) in [6, 6.07) is -1.23. The number of hydrogen-bond acceptors (Lipinski definition) is 2. The molecule has 0 aliphatic heterocycles. The van der Waals surface area contributed by atoms with Crippen molar-refractivity contribution in [2.45, 2.75) is 40.2 Å². The monoisotopic (exact) mass is 230 g/mol. The van der Waals surface area contributed by atoms with Crippen LogP contribution in [0, 0.1) is 11.8 Å². The summed E-state index contributed by atoms with van der Waals surface area (Å²) in [5.41, 5.74) is 0. The molecule has 0 heterocycles. The zero-order valence-electron chi connectivity index (χ0n) is 10.4. The van der Waals surface area contributed by atoms with Crippen molar-refractivity contribution in [2.24, 2.45) is 11.8 Å². The molecule has 0 aromatic heterocycles. The summed E-state index contributed by atoms with van der Waals surface area (Å²) in [5, 5.41) is 13.8. The van der Waals surface area contributed by atoms with Crippen LogP contribution < -0.4 is 10.6 Å². The first kappa shape index (κ1) is 14.7. The van der Waals surface area contributed by atoms with Gasteiger partial charge >= 0.3 is 12.0 Å². The number of nitrogens with one attached hydrogen (secondary N) is 2. The predicted molar refractivity (Wildman–Crippen MR) is 62.3 cm³/mol. The first-order valence-electron chi connectivity index (χ1n) is 5.65. The zero-order valence-corrected chi connectivity index (χ0v) is 10.4. The summed E-state index contributed by atoms with van der Waals surface area (Å²) in [6.07, 6.45) is 0.377. The molecule has 0 aromatic rings. The highest BCUT2D eigenvalue weighted by atomic mass is 16.4. The van der Waals surface area contributed by atoms with Gasteiger partial charge in [0, 0.05) is 6.54 Å². The molecule has 0 radical (unpaired) electrons. The summed E-state index contributed by atoms with van der Waals surface area (Å²) >= 11 is 0. The Morgan fingerprint density at radius 1 is 1.25 bits per heavy atom. The van der Waals surface area contributed by atoms with Crippen molar-refractivity contribution in [1.82, 2.24) is 10.6 Å². The molecule has 0 saturated heterocycles. The van der Waals surface area contributed by atoms with Crippen LogP contribution in [0.2, 0.25) is 0 Å². The average Bonchev–Trinajstić information content (AvgIpc) is 2.21. The second-order valence-corrected chi connectivity index (χ2v) is 4.37. The fourth-order valence-electron chi connectivity index (χ4n) is 1.04. The van der Waals surface area contributed by atoms with Crippen molar-refractivity contribution in [2.75, 3.05) is 6.54 Å². The molecule has 0 rings (SSSR count). The molecule has 2 atom stereocenters. The lowest BCUT2D eigenvalue weighted by atomic mass is 9.98. The number of aliphatic carboxylic acids is 1. The third-order valence-corrected chi connectivity index (χ3v) is 2.73. The third-order valence-electron chi connectivity index (χ3n) is 2.73. The van der Waals surface area contributed by atoms with Crippen molar-refractivity contribution < 1.29 is 14.7 Å². The van der Waals surface area contributed by atoms with E-state index in [0.717, 1.165) is 0 Å². The molecule has 0 bridgehead atoms. The molecule has 0 aliphatic carbocycles. The summed E-state index contributed by atoms with van der Waals surface area (Å²) in [4.78, 5) is 22.0. The van der Waals surface area contributed by atoms with Crippen molar-refractivity contribution >= 4 is 12.0 Å². The standard InChI is InChI=1S/C11H22N2O3/c1-5-9(10(14)15)13-11(16)12-6-8(4)7(2)3/h7-9H,5-6H2,1-4H3,(H,14,15)(H2,12,13,16). The maximum absolute atomic E-state index is 11.4. The molecule has 94 valence electrons. The average molecular weight is 230 g/mol. The van der Waals surface area contributed by atoms with E-state index in [-0.39, 0.29) is 0 Å². The summed E-state index contributed by atoms with van der Waals surface area (Å²) in [7, 11) is 0. The number of carboxylic acids is 1. The van der Waals surface area contributed by atoms with Gasteiger partial charge in [-0.3, -0.25) is 0 Å². The highest BCUT2D eigenvalue weighted by Gasteiger charge is 2.17. The van der Waals surface area contributed by atoms with Crippen molar-refractivity contribution in [3.05, 3.63) is 0 Å². The number of amides is 2. The number of urea groups is 1. The lowest BCUT2D eigenvalue weighted by Crippen LogP contribution is -2.46. The van der Waals surface area contributed by atoms with Crippen molar-refractivity contribution in [3.8, 4) is 0 Å². The maximum atomic E-state index is 11.4. The number of hydrogen-bond donors (Lipinski definition) is 3. The molecule has 3 N–H and O–H groups in total. The van der Waals surface area contributed by atoms with Crippen LogP contribution in [-0.2, 0) is 4.79 Å². The Bertz CT molecular complexity index is 241. The Morgan fingerprint density at radius 3 is 2.19 bits per heavy atom. The van der Waals surface area contributed by atoms with Crippen molar-refractivity contribution in [1.29, 1.82) is 0 Å². The lowest BCUT2D eigenvalue weighted by Gasteiger charge is -2.18. The van der Waals surface area contributed by atoms with Gasteiger partial charge in [0.1, 0.15) is 6.04 Å². The molecule has 16 heavy (non-hydrogen) atoms. The molecule has 2 unspecified atom stereocenters. The van der Waals surface area contributed by atoms with Crippen LogP contribution >= 0.6 is 0 Å². The van der Waals surface area contributed by atoms with Gasteiger partial charge in [-0.15, -0.1) is 0 Å². The van der Waals surface area contributed by atoms with Gasteiger partial charge in [0.25, 0.3) is 0 Å². The molecule has 5 heteroatoms. The highest BCUT2D eigenvalue weighted by molar-refractivity contribution is 5.82. The highest BCUT2D eigenvalue weighted by Crippen LogP contribution is 2.07. The van der Waals surface area contributed by atoms with Gasteiger partial charge in [0.05, 0.1) is 0 Å². The second kappa shape index (κ2) is 7.09. The fourth-order valence-corrected chi connectivity index (χ4v) is 1.04. The molecule has 2 amide bonds. The molecule has 0 spiro atoms. The molecule has 0 saturated carbocycles. The van der Waals surface area contributed by atoms with Crippen molar-refractivity contribution in [3.63, 3.8) is 0 Å². The molecular weight excluding hydrogens is 208 g/mol. The first-order valence-corrected chi connectivity index (χ1v) is 5.65. The van der Waals surface area contributed by atoms with Crippen LogP contribution in [-0.4, -0.2) is 29.7 Å². The van der Waals surface area contributed by atoms with E-state index in [9.17, 15) is 9.59 Å². The molecular formula is C11H22N2O3. The quantitative estimate of drug-likeness (QED) is 0.646. The Hall–Kier alpha value is -1.26. The van der Waals surface area contributed by atoms with Crippen LogP contribution in [0.25, 0.3) is 0 Å². The maximum Gasteiger partial charge on any atom is 0.326 e. The Kier molecular flexibility index (Phi) is 6.53. The minimum atomic E-state index is -1.01. The van der Waals surface area contributed by atoms with Gasteiger partial charge in [-0.1, -0.05) is 27.7 Å². The molecule has 0 aromatic carbocycles. The number of carbonyl (C=O) groups is 2. The molecule has 0 aliphatic rings. The van der Waals surface area contributed by atoms with E-state index in [1.165, 1.54) is 0 Å². The van der Waals surface area contributed by atoms with Crippen LogP contribution in [0.5, 0.6) is 0 Å². The Labute approximate surface area is 96.6 Å². The lowest BCUT2D eigenvalue weighted by molar-refractivity contribution is -0.139. The van der Waals surface area contributed by atoms with E-state index < -0.39 is 18.0 Å². The number of carbonyl (C=O) groups excluding carboxylic acids is 1. The van der Waals surface area contributed by atoms with Gasteiger partial charge < -0.3 is 15.7 Å². The SMILES string of the molecule is CCC(NC(=O)NCC(C)C(C)C)C(=O)O. The van der Waals surface area contributed by atoms with Crippen LogP contribution in [0.4, 0.5) is 4.79 Å². The smallest absolute Gasteiger partial charge is 0.326 e. The van der Waals surface area contributed by atoms with Crippen LogP contribution in [0.1, 0.15) is 34.1 Å². The topological polar surface area (TPSA) is 78.4 Å². The van der Waals surface area contributed by atoms with Gasteiger partial charge in [-0.2, -0.15) is 0 Å². The number of rotatable bonds is 6. The van der Waals surface area contributed by atoms with Gasteiger partial charge in [0.15, 0.2) is 0 Å². The van der Waals surface area contributed by atoms with Crippen LogP contribution in [0.3, 0.4) is 0 Å². The van der Waals surface area contributed by atoms with Gasteiger partial charge in [0.2, 0.25) is 0 Å². The summed E-state index contributed by atoms with van der Waals surface area (Å²) in [6.45, 7) is 8.47. The summed E-state index contributed by atoms with van der Waals surface area (Å²) in [5.74, 6) is -0.146. The Balaban J connectivity index is 3.94. The van der Waals surface area contributed by atoms with Crippen LogP contribution in [0.15, 0.2) is 0 Å². The zero-order chi connectivity index (χ0) is 12.7. The van der Waals surface area contributed by atoms with E-state index in [1.807, 2.05) is 6.92 Å². The van der Waals surface area contributed by atoms with E-state index in [2.05, 4.69) is 24.5 Å². The third kappa shape index (κ3) is 5.58. The second-order valence-electron chi connectivity index (χ2n) is 4.37. The largest absolute Gasteiger partial charge is 0.480 e. The molecule has 5 nitrogen and oxygen atoms in total.